The molecule has 0 radical (unpaired) electrons. The van der Waals surface area contributed by atoms with E-state index in [0.29, 0.717) is 31.2 Å². The Kier molecular flexibility index (Phi) is 4.65. The van der Waals surface area contributed by atoms with Crippen molar-refractivity contribution in [2.45, 2.75) is 36.0 Å². The van der Waals surface area contributed by atoms with Gasteiger partial charge in [-0.15, -0.1) is 0 Å². The molecular formula is C14H19NO5S. The minimum absolute atomic E-state index is 0.0354. The number of carbonyl (C=O) groups is 1. The van der Waals surface area contributed by atoms with Crippen molar-refractivity contribution >= 4 is 16.0 Å². The van der Waals surface area contributed by atoms with Gasteiger partial charge in [-0.25, -0.2) is 13.1 Å². The lowest BCUT2D eigenvalue weighted by molar-refractivity contribution is -0.140. The van der Waals surface area contributed by atoms with E-state index in [4.69, 9.17) is 5.11 Å². The van der Waals surface area contributed by atoms with Crippen molar-refractivity contribution < 1.29 is 23.4 Å². The van der Waals surface area contributed by atoms with E-state index >= 15 is 0 Å². The summed E-state index contributed by atoms with van der Waals surface area (Å²) in [5.41, 5.74) is -0.175. The third-order valence-electron chi connectivity index (χ3n) is 3.75. The number of carboxylic acids is 1. The molecule has 0 amide bonds. The van der Waals surface area contributed by atoms with Crippen LogP contribution in [0.25, 0.3) is 0 Å². The predicted molar refractivity (Wildman–Crippen MR) is 76.5 cm³/mol. The zero-order valence-electron chi connectivity index (χ0n) is 11.6. The fraction of sp³-hybridized carbons (Fsp3) is 0.500. The lowest BCUT2D eigenvalue weighted by Gasteiger charge is -2.11. The Hall–Kier alpha value is -1.44. The number of carboxylic acid groups (broad SMARTS) is 1. The van der Waals surface area contributed by atoms with E-state index in [-0.39, 0.29) is 18.0 Å². The van der Waals surface area contributed by atoms with Crippen LogP contribution in [0.4, 0.5) is 0 Å². The fourth-order valence-electron chi connectivity index (χ4n) is 2.23. The number of unbranched alkanes of at least 4 members (excludes halogenated alkanes) is 1. The standard InChI is InChI=1S/C14H19NO5S/c16-10-2-1-9-15-21(19,20)12-5-3-11(4-6-12)14(7-8-14)13(17)18/h3-6,15-16H,1-2,7-10H2,(H,17,18). The summed E-state index contributed by atoms with van der Waals surface area (Å²) in [5, 5.41) is 17.8. The summed E-state index contributed by atoms with van der Waals surface area (Å²) in [6.07, 6.45) is 2.29. The summed E-state index contributed by atoms with van der Waals surface area (Å²) in [4.78, 5) is 11.3. The number of sulfonamides is 1. The minimum Gasteiger partial charge on any atom is -0.481 e. The zero-order chi connectivity index (χ0) is 15.5. The number of aliphatic hydroxyl groups is 1. The molecule has 1 aromatic carbocycles. The molecule has 2 rings (SSSR count). The number of aliphatic hydroxyl groups excluding tert-OH is 1. The topological polar surface area (TPSA) is 104 Å². The van der Waals surface area contributed by atoms with Crippen molar-refractivity contribution in [2.75, 3.05) is 13.2 Å². The first kappa shape index (κ1) is 15.9. The van der Waals surface area contributed by atoms with E-state index in [1.807, 2.05) is 0 Å². The quantitative estimate of drug-likeness (QED) is 0.617. The third-order valence-corrected chi connectivity index (χ3v) is 5.23. The van der Waals surface area contributed by atoms with Crippen LogP contribution in [0.15, 0.2) is 29.2 Å². The highest BCUT2D eigenvalue weighted by Crippen LogP contribution is 2.48. The molecule has 0 aliphatic heterocycles. The summed E-state index contributed by atoms with van der Waals surface area (Å²) in [6.45, 7) is 0.303. The molecule has 21 heavy (non-hydrogen) atoms. The van der Waals surface area contributed by atoms with Crippen LogP contribution in [-0.4, -0.2) is 37.8 Å². The zero-order valence-corrected chi connectivity index (χ0v) is 12.4. The Bertz CT molecular complexity index is 605. The van der Waals surface area contributed by atoms with Gasteiger partial charge < -0.3 is 10.2 Å². The third kappa shape index (κ3) is 3.42. The monoisotopic (exact) mass is 313 g/mol. The van der Waals surface area contributed by atoms with Crippen molar-refractivity contribution in [1.29, 1.82) is 0 Å². The Morgan fingerprint density at radius 3 is 2.29 bits per heavy atom. The molecule has 1 aliphatic rings. The van der Waals surface area contributed by atoms with Crippen LogP contribution >= 0.6 is 0 Å². The van der Waals surface area contributed by atoms with E-state index in [0.717, 1.165) is 0 Å². The second-order valence-corrected chi connectivity index (χ2v) is 7.01. The first-order chi connectivity index (χ1) is 9.92. The van der Waals surface area contributed by atoms with Crippen LogP contribution in [0.5, 0.6) is 0 Å². The van der Waals surface area contributed by atoms with Crippen molar-refractivity contribution in [2.24, 2.45) is 0 Å². The van der Waals surface area contributed by atoms with Gasteiger partial charge in [-0.2, -0.15) is 0 Å². The van der Waals surface area contributed by atoms with E-state index in [1.54, 1.807) is 12.1 Å². The highest BCUT2D eigenvalue weighted by Gasteiger charge is 2.51. The normalized spacial score (nSPS) is 16.6. The summed E-state index contributed by atoms with van der Waals surface area (Å²) in [7, 11) is -3.58. The van der Waals surface area contributed by atoms with E-state index in [9.17, 15) is 18.3 Å². The molecule has 1 saturated carbocycles. The minimum atomic E-state index is -3.58. The van der Waals surface area contributed by atoms with Gasteiger partial charge in [0.05, 0.1) is 10.3 Å². The van der Waals surface area contributed by atoms with Crippen LogP contribution in [0.1, 0.15) is 31.2 Å². The highest BCUT2D eigenvalue weighted by molar-refractivity contribution is 7.89. The van der Waals surface area contributed by atoms with Crippen molar-refractivity contribution in [3.63, 3.8) is 0 Å². The van der Waals surface area contributed by atoms with Gasteiger partial charge >= 0.3 is 5.97 Å². The maximum atomic E-state index is 12.0. The summed E-state index contributed by atoms with van der Waals surface area (Å²) in [6, 6.07) is 6.02. The maximum Gasteiger partial charge on any atom is 0.314 e. The van der Waals surface area contributed by atoms with Gasteiger partial charge in [-0.1, -0.05) is 12.1 Å². The van der Waals surface area contributed by atoms with Gasteiger partial charge in [0.2, 0.25) is 10.0 Å². The Labute approximate surface area is 123 Å². The van der Waals surface area contributed by atoms with Gasteiger partial charge in [-0.05, 0) is 43.4 Å². The SMILES string of the molecule is O=C(O)C1(c2ccc(S(=O)(=O)NCCCCO)cc2)CC1. The average molecular weight is 313 g/mol. The smallest absolute Gasteiger partial charge is 0.314 e. The predicted octanol–water partition coefficient (Wildman–Crippen LogP) is 0.854. The summed E-state index contributed by atoms with van der Waals surface area (Å²) >= 11 is 0. The summed E-state index contributed by atoms with van der Waals surface area (Å²) < 4.78 is 26.5. The van der Waals surface area contributed by atoms with Crippen LogP contribution in [0.2, 0.25) is 0 Å². The number of nitrogens with one attached hydrogen (secondary N) is 1. The average Bonchev–Trinajstić information content (AvgIpc) is 3.25. The molecule has 7 heteroatoms. The van der Waals surface area contributed by atoms with Crippen molar-refractivity contribution in [3.05, 3.63) is 29.8 Å². The molecule has 0 unspecified atom stereocenters. The largest absolute Gasteiger partial charge is 0.481 e. The van der Waals surface area contributed by atoms with Crippen molar-refractivity contribution in [1.82, 2.24) is 4.72 Å². The van der Waals surface area contributed by atoms with Crippen molar-refractivity contribution in [3.8, 4) is 0 Å². The molecule has 0 heterocycles. The number of hydrogen-bond acceptors (Lipinski definition) is 4. The van der Waals surface area contributed by atoms with Gasteiger partial charge in [0, 0.05) is 13.2 Å². The molecule has 6 nitrogen and oxygen atoms in total. The highest BCUT2D eigenvalue weighted by atomic mass is 32.2. The maximum absolute atomic E-state index is 12.0. The van der Waals surface area contributed by atoms with E-state index in [2.05, 4.69) is 4.72 Å². The molecule has 0 spiro atoms. The Balaban J connectivity index is 2.06. The number of aliphatic carboxylic acids is 1. The van der Waals surface area contributed by atoms with Gasteiger partial charge in [0.1, 0.15) is 0 Å². The van der Waals surface area contributed by atoms with Crippen LogP contribution in [0.3, 0.4) is 0 Å². The van der Waals surface area contributed by atoms with Gasteiger partial charge in [0.25, 0.3) is 0 Å². The molecule has 116 valence electrons. The first-order valence-corrected chi connectivity index (χ1v) is 8.35. The fourth-order valence-corrected chi connectivity index (χ4v) is 3.30. The van der Waals surface area contributed by atoms with Gasteiger partial charge in [-0.3, -0.25) is 4.79 Å². The second kappa shape index (κ2) is 6.13. The molecule has 0 aromatic heterocycles. The first-order valence-electron chi connectivity index (χ1n) is 6.87. The summed E-state index contributed by atoms with van der Waals surface area (Å²) in [5.74, 6) is -0.861. The molecule has 0 atom stereocenters. The molecule has 1 aromatic rings. The lowest BCUT2D eigenvalue weighted by atomic mass is 9.96. The molecule has 1 aliphatic carbocycles. The second-order valence-electron chi connectivity index (χ2n) is 5.24. The number of benzene rings is 1. The molecule has 0 saturated heterocycles. The number of rotatable bonds is 8. The van der Waals surface area contributed by atoms with Crippen LogP contribution < -0.4 is 4.72 Å². The molecule has 1 fully saturated rings. The molecule has 0 bridgehead atoms. The Morgan fingerprint density at radius 1 is 1.19 bits per heavy atom. The van der Waals surface area contributed by atoms with E-state index in [1.165, 1.54) is 12.1 Å². The van der Waals surface area contributed by atoms with Gasteiger partial charge in [0.15, 0.2) is 0 Å². The lowest BCUT2D eigenvalue weighted by Crippen LogP contribution is -2.25. The van der Waals surface area contributed by atoms with Crippen LogP contribution in [0, 0.1) is 0 Å². The Morgan fingerprint density at radius 2 is 1.81 bits per heavy atom. The van der Waals surface area contributed by atoms with E-state index < -0.39 is 21.4 Å². The number of hydrogen-bond donors (Lipinski definition) is 3. The van der Waals surface area contributed by atoms with Crippen LogP contribution in [-0.2, 0) is 20.2 Å². The molecule has 3 N–H and O–H groups in total. The molecular weight excluding hydrogens is 294 g/mol.